The molecule has 35 heavy (non-hydrogen) atoms. The van der Waals surface area contributed by atoms with Gasteiger partial charge < -0.3 is 14.2 Å². The number of benzene rings is 4. The number of hydrazone groups is 1. The summed E-state index contributed by atoms with van der Waals surface area (Å²) < 4.78 is 17.2. The molecule has 0 atom stereocenters. The van der Waals surface area contributed by atoms with Crippen LogP contribution in [0.15, 0.2) is 114 Å². The fourth-order valence-corrected chi connectivity index (χ4v) is 3.18. The van der Waals surface area contributed by atoms with E-state index in [2.05, 4.69) is 10.5 Å². The third-order valence-electron chi connectivity index (χ3n) is 4.99. The van der Waals surface area contributed by atoms with Gasteiger partial charge in [0, 0.05) is 5.56 Å². The highest BCUT2D eigenvalue weighted by molar-refractivity contribution is 5.85. The molecule has 0 aromatic heterocycles. The van der Waals surface area contributed by atoms with E-state index in [1.54, 1.807) is 30.5 Å². The zero-order valence-corrected chi connectivity index (χ0v) is 19.2. The van der Waals surface area contributed by atoms with Gasteiger partial charge in [0.05, 0.1) is 6.21 Å². The second-order valence-corrected chi connectivity index (χ2v) is 7.64. The normalized spacial score (nSPS) is 10.6. The fraction of sp³-hybridized carbons (Fsp3) is 0.103. The number of ether oxygens (including phenoxy) is 3. The predicted octanol–water partition coefficient (Wildman–Crippen LogP) is 5.37. The van der Waals surface area contributed by atoms with Gasteiger partial charge in [0.25, 0.3) is 5.91 Å². The minimum atomic E-state index is -0.367. The molecule has 1 N–H and O–H groups in total. The predicted molar refractivity (Wildman–Crippen MR) is 136 cm³/mol. The number of nitrogens with zero attached hydrogens (tertiary/aromatic N) is 1. The molecule has 0 aliphatic carbocycles. The Kier molecular flexibility index (Phi) is 8.49. The molecule has 4 aromatic rings. The third kappa shape index (κ3) is 7.75. The minimum Gasteiger partial charge on any atom is -0.489 e. The quantitative estimate of drug-likeness (QED) is 0.238. The van der Waals surface area contributed by atoms with Gasteiger partial charge in [-0.05, 0) is 47.5 Å². The number of amides is 1. The molecule has 0 bridgehead atoms. The average Bonchev–Trinajstić information content (AvgIpc) is 2.92. The molecule has 176 valence electrons. The lowest BCUT2D eigenvalue weighted by Crippen LogP contribution is -2.24. The molecule has 0 heterocycles. The molecule has 0 unspecified atom stereocenters. The molecule has 0 saturated carbocycles. The SMILES string of the molecule is O=C(COc1ccc(OCc2ccccc2)cc1)NN=Cc1ccccc1OCc1ccccc1. The number of hydrogen-bond donors (Lipinski definition) is 1. The Morgan fingerprint density at radius 1 is 0.657 bits per heavy atom. The molecule has 6 heteroatoms. The number of para-hydroxylation sites is 1. The van der Waals surface area contributed by atoms with Gasteiger partial charge in [0.15, 0.2) is 6.61 Å². The van der Waals surface area contributed by atoms with E-state index in [1.807, 2.05) is 84.9 Å². The number of hydrogen-bond acceptors (Lipinski definition) is 5. The Morgan fingerprint density at radius 3 is 1.86 bits per heavy atom. The van der Waals surface area contributed by atoms with Crippen LogP contribution >= 0.6 is 0 Å². The van der Waals surface area contributed by atoms with E-state index in [4.69, 9.17) is 14.2 Å². The van der Waals surface area contributed by atoms with Crippen molar-refractivity contribution in [1.82, 2.24) is 5.43 Å². The second-order valence-electron chi connectivity index (χ2n) is 7.64. The molecular weight excluding hydrogens is 440 g/mol. The van der Waals surface area contributed by atoms with Crippen molar-refractivity contribution in [3.8, 4) is 17.2 Å². The van der Waals surface area contributed by atoms with Gasteiger partial charge >= 0.3 is 0 Å². The van der Waals surface area contributed by atoms with Gasteiger partial charge in [-0.2, -0.15) is 5.10 Å². The zero-order valence-electron chi connectivity index (χ0n) is 19.2. The smallest absolute Gasteiger partial charge is 0.277 e. The summed E-state index contributed by atoms with van der Waals surface area (Å²) in [6.07, 6.45) is 1.55. The molecule has 0 saturated heterocycles. The van der Waals surface area contributed by atoms with E-state index in [1.165, 1.54) is 0 Å². The maximum absolute atomic E-state index is 12.1. The van der Waals surface area contributed by atoms with Crippen LogP contribution in [0.3, 0.4) is 0 Å². The molecule has 0 spiro atoms. The molecule has 1 amide bonds. The maximum Gasteiger partial charge on any atom is 0.277 e. The monoisotopic (exact) mass is 466 g/mol. The van der Waals surface area contributed by atoms with Crippen LogP contribution < -0.4 is 19.6 Å². The van der Waals surface area contributed by atoms with E-state index >= 15 is 0 Å². The van der Waals surface area contributed by atoms with Crippen LogP contribution in [0.2, 0.25) is 0 Å². The molecule has 0 aliphatic heterocycles. The highest BCUT2D eigenvalue weighted by Gasteiger charge is 2.04. The van der Waals surface area contributed by atoms with Gasteiger partial charge in [-0.15, -0.1) is 0 Å². The van der Waals surface area contributed by atoms with Crippen molar-refractivity contribution in [3.63, 3.8) is 0 Å². The Hall–Kier alpha value is -4.58. The first-order valence-corrected chi connectivity index (χ1v) is 11.2. The van der Waals surface area contributed by atoms with Crippen LogP contribution in [0.5, 0.6) is 17.2 Å². The summed E-state index contributed by atoms with van der Waals surface area (Å²) in [7, 11) is 0. The van der Waals surface area contributed by atoms with Crippen LogP contribution in [-0.2, 0) is 18.0 Å². The number of carbonyl (C=O) groups excluding carboxylic acids is 1. The van der Waals surface area contributed by atoms with Crippen molar-refractivity contribution in [3.05, 3.63) is 126 Å². The first-order chi connectivity index (χ1) is 17.3. The van der Waals surface area contributed by atoms with Crippen LogP contribution in [0.25, 0.3) is 0 Å². The highest BCUT2D eigenvalue weighted by Crippen LogP contribution is 2.19. The fourth-order valence-electron chi connectivity index (χ4n) is 3.18. The van der Waals surface area contributed by atoms with Gasteiger partial charge in [0.2, 0.25) is 0 Å². The summed E-state index contributed by atoms with van der Waals surface area (Å²) in [5.74, 6) is 1.60. The van der Waals surface area contributed by atoms with E-state index in [0.29, 0.717) is 24.7 Å². The third-order valence-corrected chi connectivity index (χ3v) is 4.99. The topological polar surface area (TPSA) is 69.2 Å². The lowest BCUT2D eigenvalue weighted by Gasteiger charge is -2.09. The molecule has 0 fully saturated rings. The van der Waals surface area contributed by atoms with Gasteiger partial charge in [-0.25, -0.2) is 5.43 Å². The van der Waals surface area contributed by atoms with Gasteiger partial charge in [0.1, 0.15) is 30.5 Å². The van der Waals surface area contributed by atoms with Crippen molar-refractivity contribution in [2.45, 2.75) is 13.2 Å². The van der Waals surface area contributed by atoms with Gasteiger partial charge in [-0.3, -0.25) is 4.79 Å². The summed E-state index contributed by atoms with van der Waals surface area (Å²) in [6, 6.07) is 34.5. The Morgan fingerprint density at radius 2 is 1.20 bits per heavy atom. The van der Waals surface area contributed by atoms with Crippen LogP contribution in [0.1, 0.15) is 16.7 Å². The Balaban J connectivity index is 1.21. The number of carbonyl (C=O) groups is 1. The van der Waals surface area contributed by atoms with Crippen molar-refractivity contribution in [2.75, 3.05) is 6.61 Å². The number of rotatable bonds is 11. The van der Waals surface area contributed by atoms with Crippen molar-refractivity contribution >= 4 is 12.1 Å². The second kappa shape index (κ2) is 12.6. The Labute approximate surface area is 204 Å². The summed E-state index contributed by atoms with van der Waals surface area (Å²) in [5, 5.41) is 4.03. The molecular formula is C29H26N2O4. The lowest BCUT2D eigenvalue weighted by molar-refractivity contribution is -0.123. The molecule has 6 nitrogen and oxygen atoms in total. The Bertz CT molecular complexity index is 1230. The summed E-state index contributed by atoms with van der Waals surface area (Å²) in [5.41, 5.74) is 5.40. The first kappa shape index (κ1) is 23.6. The molecule has 0 radical (unpaired) electrons. The van der Waals surface area contributed by atoms with Crippen LogP contribution in [-0.4, -0.2) is 18.7 Å². The van der Waals surface area contributed by atoms with Crippen molar-refractivity contribution in [1.29, 1.82) is 0 Å². The molecule has 4 aromatic carbocycles. The minimum absolute atomic E-state index is 0.159. The first-order valence-electron chi connectivity index (χ1n) is 11.2. The summed E-state index contributed by atoms with van der Waals surface area (Å²) >= 11 is 0. The van der Waals surface area contributed by atoms with E-state index in [0.717, 1.165) is 22.4 Å². The van der Waals surface area contributed by atoms with E-state index in [-0.39, 0.29) is 12.5 Å². The van der Waals surface area contributed by atoms with Crippen molar-refractivity contribution in [2.24, 2.45) is 5.10 Å². The summed E-state index contributed by atoms with van der Waals surface area (Å²) in [4.78, 5) is 12.1. The average molecular weight is 467 g/mol. The standard InChI is InChI=1S/C29H26N2O4/c32-29(22-34-27-17-15-26(16-18-27)33-20-23-9-3-1-4-10-23)31-30-19-25-13-7-8-14-28(25)35-21-24-11-5-2-6-12-24/h1-19H,20-22H2,(H,31,32). The van der Waals surface area contributed by atoms with Crippen LogP contribution in [0.4, 0.5) is 0 Å². The van der Waals surface area contributed by atoms with Gasteiger partial charge in [-0.1, -0.05) is 72.8 Å². The zero-order chi connectivity index (χ0) is 24.1. The molecule has 0 aliphatic rings. The molecule has 4 rings (SSSR count). The van der Waals surface area contributed by atoms with Crippen LogP contribution in [0, 0.1) is 0 Å². The number of nitrogens with one attached hydrogen (secondary N) is 1. The maximum atomic E-state index is 12.1. The largest absolute Gasteiger partial charge is 0.489 e. The van der Waals surface area contributed by atoms with E-state index < -0.39 is 0 Å². The highest BCUT2D eigenvalue weighted by atomic mass is 16.5. The summed E-state index contributed by atoms with van der Waals surface area (Å²) in [6.45, 7) is 0.775. The van der Waals surface area contributed by atoms with E-state index in [9.17, 15) is 4.79 Å². The lowest BCUT2D eigenvalue weighted by atomic mass is 10.2. The van der Waals surface area contributed by atoms with Crippen molar-refractivity contribution < 1.29 is 19.0 Å².